The quantitative estimate of drug-likeness (QED) is 0.733. The molecular weight excluding hydrogens is 194 g/mol. The highest BCUT2D eigenvalue weighted by atomic mass is 14.9. The van der Waals surface area contributed by atoms with E-state index >= 15 is 0 Å². The number of hydrogen-bond donors (Lipinski definition) is 1. The zero-order chi connectivity index (χ0) is 12.6. The second-order valence-corrected chi connectivity index (χ2v) is 6.65. The van der Waals surface area contributed by atoms with Gasteiger partial charge in [0, 0.05) is 11.2 Å². The SMILES string of the molecule is Cc1cc(C(C)(C)C)ccc1NC(C)(C)C. The van der Waals surface area contributed by atoms with E-state index < -0.39 is 0 Å². The molecule has 1 nitrogen and oxygen atoms in total. The van der Waals surface area contributed by atoms with E-state index in [0.717, 1.165) is 0 Å². The number of rotatable bonds is 1. The molecule has 0 unspecified atom stereocenters. The molecule has 0 heterocycles. The van der Waals surface area contributed by atoms with Crippen molar-refractivity contribution in [2.75, 3.05) is 5.32 Å². The molecule has 1 aromatic rings. The largest absolute Gasteiger partial charge is 0.380 e. The molecule has 1 N–H and O–H groups in total. The Hall–Kier alpha value is -0.980. The van der Waals surface area contributed by atoms with Crippen molar-refractivity contribution < 1.29 is 0 Å². The van der Waals surface area contributed by atoms with Gasteiger partial charge in [-0.25, -0.2) is 0 Å². The van der Waals surface area contributed by atoms with Crippen LogP contribution in [0, 0.1) is 6.92 Å². The van der Waals surface area contributed by atoms with E-state index in [1.165, 1.54) is 16.8 Å². The van der Waals surface area contributed by atoms with Gasteiger partial charge >= 0.3 is 0 Å². The zero-order valence-corrected chi connectivity index (χ0v) is 11.7. The highest BCUT2D eigenvalue weighted by Crippen LogP contribution is 2.27. The van der Waals surface area contributed by atoms with Crippen LogP contribution in [-0.2, 0) is 5.41 Å². The van der Waals surface area contributed by atoms with Gasteiger partial charge in [0.15, 0.2) is 0 Å². The van der Waals surface area contributed by atoms with Crippen LogP contribution in [0.3, 0.4) is 0 Å². The van der Waals surface area contributed by atoms with Crippen molar-refractivity contribution in [3.8, 4) is 0 Å². The van der Waals surface area contributed by atoms with Crippen LogP contribution in [0.1, 0.15) is 52.7 Å². The van der Waals surface area contributed by atoms with Crippen molar-refractivity contribution in [3.05, 3.63) is 29.3 Å². The van der Waals surface area contributed by atoms with Gasteiger partial charge in [0.25, 0.3) is 0 Å². The molecule has 0 bridgehead atoms. The Morgan fingerprint density at radius 3 is 1.88 bits per heavy atom. The highest BCUT2D eigenvalue weighted by molar-refractivity contribution is 5.54. The maximum absolute atomic E-state index is 3.53. The molecule has 0 spiro atoms. The van der Waals surface area contributed by atoms with E-state index in [1.54, 1.807) is 0 Å². The third-order valence-corrected chi connectivity index (χ3v) is 2.60. The first kappa shape index (κ1) is 13.1. The fourth-order valence-electron chi connectivity index (χ4n) is 1.67. The molecule has 0 atom stereocenters. The maximum atomic E-state index is 3.53. The first-order valence-electron chi connectivity index (χ1n) is 5.99. The summed E-state index contributed by atoms with van der Waals surface area (Å²) in [6, 6.07) is 6.70. The summed E-state index contributed by atoms with van der Waals surface area (Å²) in [5, 5.41) is 3.53. The van der Waals surface area contributed by atoms with Crippen molar-refractivity contribution in [2.24, 2.45) is 0 Å². The van der Waals surface area contributed by atoms with Gasteiger partial charge in [-0.3, -0.25) is 0 Å². The maximum Gasteiger partial charge on any atom is 0.0374 e. The zero-order valence-electron chi connectivity index (χ0n) is 11.7. The molecule has 0 aromatic heterocycles. The Kier molecular flexibility index (Phi) is 3.37. The lowest BCUT2D eigenvalue weighted by atomic mass is 9.86. The third kappa shape index (κ3) is 3.55. The van der Waals surface area contributed by atoms with Gasteiger partial charge in [0.1, 0.15) is 0 Å². The van der Waals surface area contributed by atoms with Crippen molar-refractivity contribution >= 4 is 5.69 Å². The second-order valence-electron chi connectivity index (χ2n) is 6.65. The summed E-state index contributed by atoms with van der Waals surface area (Å²) in [4.78, 5) is 0. The van der Waals surface area contributed by atoms with Gasteiger partial charge in [-0.1, -0.05) is 32.9 Å². The van der Waals surface area contributed by atoms with Crippen molar-refractivity contribution in [1.29, 1.82) is 0 Å². The van der Waals surface area contributed by atoms with Gasteiger partial charge in [-0.2, -0.15) is 0 Å². The van der Waals surface area contributed by atoms with Crippen molar-refractivity contribution in [2.45, 2.75) is 59.4 Å². The average molecular weight is 219 g/mol. The Labute approximate surface area is 100 Å². The minimum Gasteiger partial charge on any atom is -0.380 e. The minimum atomic E-state index is 0.119. The molecule has 0 radical (unpaired) electrons. The van der Waals surface area contributed by atoms with Gasteiger partial charge in [-0.05, 0) is 50.3 Å². The van der Waals surface area contributed by atoms with Crippen LogP contribution < -0.4 is 5.32 Å². The first-order chi connectivity index (χ1) is 7.09. The van der Waals surface area contributed by atoms with E-state index in [-0.39, 0.29) is 11.0 Å². The smallest absolute Gasteiger partial charge is 0.0374 e. The Morgan fingerprint density at radius 1 is 0.938 bits per heavy atom. The van der Waals surface area contributed by atoms with Crippen LogP contribution in [0.15, 0.2) is 18.2 Å². The Balaban J connectivity index is 3.01. The molecule has 1 rings (SSSR count). The van der Waals surface area contributed by atoms with Crippen LogP contribution in [0.25, 0.3) is 0 Å². The molecule has 1 heteroatoms. The molecule has 0 saturated carbocycles. The number of nitrogens with one attached hydrogen (secondary N) is 1. The normalized spacial score (nSPS) is 12.7. The molecule has 90 valence electrons. The predicted molar refractivity (Wildman–Crippen MR) is 73.3 cm³/mol. The molecule has 0 amide bonds. The van der Waals surface area contributed by atoms with Crippen molar-refractivity contribution in [1.82, 2.24) is 0 Å². The Bertz CT molecular complexity index is 364. The molecule has 0 fully saturated rings. The third-order valence-electron chi connectivity index (χ3n) is 2.60. The summed E-state index contributed by atoms with van der Waals surface area (Å²) in [7, 11) is 0. The number of benzene rings is 1. The second kappa shape index (κ2) is 4.12. The topological polar surface area (TPSA) is 12.0 Å². The summed E-state index contributed by atoms with van der Waals surface area (Å²) in [6.07, 6.45) is 0. The van der Waals surface area contributed by atoms with E-state index in [0.29, 0.717) is 0 Å². The number of hydrogen-bond acceptors (Lipinski definition) is 1. The number of aryl methyl sites for hydroxylation is 1. The lowest BCUT2D eigenvalue weighted by Crippen LogP contribution is -2.26. The lowest BCUT2D eigenvalue weighted by molar-refractivity contribution is 0.589. The van der Waals surface area contributed by atoms with Crippen molar-refractivity contribution in [3.63, 3.8) is 0 Å². The lowest BCUT2D eigenvalue weighted by Gasteiger charge is -2.25. The molecular formula is C15H25N. The number of anilines is 1. The predicted octanol–water partition coefficient (Wildman–Crippen LogP) is 4.50. The van der Waals surface area contributed by atoms with Crippen LogP contribution in [-0.4, -0.2) is 5.54 Å². The van der Waals surface area contributed by atoms with Crippen LogP contribution in [0.5, 0.6) is 0 Å². The fraction of sp³-hybridized carbons (Fsp3) is 0.600. The van der Waals surface area contributed by atoms with Gasteiger partial charge in [0.2, 0.25) is 0 Å². The van der Waals surface area contributed by atoms with E-state index in [1.807, 2.05) is 0 Å². The minimum absolute atomic E-state index is 0.119. The summed E-state index contributed by atoms with van der Waals surface area (Å²) in [6.45, 7) is 15.5. The molecule has 1 aromatic carbocycles. The van der Waals surface area contributed by atoms with Gasteiger partial charge in [0.05, 0.1) is 0 Å². The summed E-state index contributed by atoms with van der Waals surface area (Å²) in [5.74, 6) is 0. The van der Waals surface area contributed by atoms with Gasteiger partial charge in [-0.15, -0.1) is 0 Å². The molecule has 0 aliphatic carbocycles. The molecule has 0 saturated heterocycles. The van der Waals surface area contributed by atoms with Gasteiger partial charge < -0.3 is 5.32 Å². The van der Waals surface area contributed by atoms with E-state index in [9.17, 15) is 0 Å². The van der Waals surface area contributed by atoms with Crippen LogP contribution in [0.2, 0.25) is 0 Å². The average Bonchev–Trinajstić information content (AvgIpc) is 2.04. The monoisotopic (exact) mass is 219 g/mol. The highest BCUT2D eigenvalue weighted by Gasteiger charge is 2.16. The van der Waals surface area contributed by atoms with Crippen LogP contribution in [0.4, 0.5) is 5.69 Å². The molecule has 16 heavy (non-hydrogen) atoms. The standard InChI is InChI=1S/C15H25N/c1-11-10-12(14(2,3)4)8-9-13(11)16-15(5,6)7/h8-10,16H,1-7H3. The van der Waals surface area contributed by atoms with E-state index in [4.69, 9.17) is 0 Å². The Morgan fingerprint density at radius 2 is 1.50 bits per heavy atom. The molecule has 0 aliphatic heterocycles. The summed E-state index contributed by atoms with van der Waals surface area (Å²) >= 11 is 0. The summed E-state index contributed by atoms with van der Waals surface area (Å²) < 4.78 is 0. The fourth-order valence-corrected chi connectivity index (χ4v) is 1.67. The summed E-state index contributed by atoms with van der Waals surface area (Å²) in [5.41, 5.74) is 4.30. The molecule has 0 aliphatic rings. The van der Waals surface area contributed by atoms with E-state index in [2.05, 4.69) is 72.0 Å². The first-order valence-corrected chi connectivity index (χ1v) is 5.99. The van der Waals surface area contributed by atoms with Crippen LogP contribution >= 0.6 is 0 Å².